The number of thiazole rings is 1. The molecule has 0 saturated carbocycles. The number of esters is 1. The Morgan fingerprint density at radius 1 is 1.26 bits per heavy atom. The van der Waals surface area contributed by atoms with Crippen molar-refractivity contribution in [3.63, 3.8) is 0 Å². The van der Waals surface area contributed by atoms with Crippen LogP contribution in [0.4, 0.5) is 5.69 Å². The van der Waals surface area contributed by atoms with Crippen LogP contribution < -0.4 is 5.32 Å². The molecule has 176 valence electrons. The largest absolute Gasteiger partial charge is 0.451 e. The molecule has 0 saturated heterocycles. The lowest BCUT2D eigenvalue weighted by Gasteiger charge is -2.08. The van der Waals surface area contributed by atoms with Crippen LogP contribution in [0.2, 0.25) is 0 Å². The standard InChI is InChI=1S/C25H26N4O4S/c1-16-10-20(17(2)29(16)8-9-32-4)11-21(13-26)25(31)33-14-24(30)28-22-7-5-6-19(12-22)23-15-34-18(3)27-23/h5-7,10-12,15H,8-9,14H2,1-4H3,(H,28,30)/b21-11+. The van der Waals surface area contributed by atoms with E-state index >= 15 is 0 Å². The molecule has 3 rings (SSSR count). The number of carbonyl (C=O) groups is 2. The molecular formula is C25H26N4O4S. The molecule has 8 nitrogen and oxygen atoms in total. The quantitative estimate of drug-likeness (QED) is 0.280. The van der Waals surface area contributed by atoms with Crippen LogP contribution in [-0.4, -0.2) is 41.8 Å². The summed E-state index contributed by atoms with van der Waals surface area (Å²) in [5, 5.41) is 15.1. The Labute approximate surface area is 202 Å². The second-order valence-electron chi connectivity index (χ2n) is 7.60. The minimum absolute atomic E-state index is 0.180. The van der Waals surface area contributed by atoms with Gasteiger partial charge < -0.3 is 19.4 Å². The molecule has 0 aliphatic heterocycles. The van der Waals surface area contributed by atoms with Crippen LogP contribution >= 0.6 is 11.3 Å². The van der Waals surface area contributed by atoms with E-state index in [1.54, 1.807) is 30.6 Å². The lowest BCUT2D eigenvalue weighted by atomic mass is 10.1. The summed E-state index contributed by atoms with van der Waals surface area (Å²) in [6.07, 6.45) is 1.48. The second kappa shape index (κ2) is 11.4. The molecule has 0 aliphatic rings. The van der Waals surface area contributed by atoms with Crippen molar-refractivity contribution in [2.75, 3.05) is 25.6 Å². The van der Waals surface area contributed by atoms with Gasteiger partial charge >= 0.3 is 5.97 Å². The highest BCUT2D eigenvalue weighted by atomic mass is 32.1. The maximum atomic E-state index is 12.4. The highest BCUT2D eigenvalue weighted by Crippen LogP contribution is 2.24. The maximum Gasteiger partial charge on any atom is 0.349 e. The number of rotatable bonds is 9. The Kier molecular flexibility index (Phi) is 8.35. The monoisotopic (exact) mass is 478 g/mol. The van der Waals surface area contributed by atoms with Crippen LogP contribution in [0.25, 0.3) is 17.3 Å². The zero-order chi connectivity index (χ0) is 24.7. The van der Waals surface area contributed by atoms with E-state index < -0.39 is 18.5 Å². The minimum Gasteiger partial charge on any atom is -0.451 e. The second-order valence-corrected chi connectivity index (χ2v) is 8.66. The molecule has 0 bridgehead atoms. The van der Waals surface area contributed by atoms with Crippen molar-refractivity contribution in [2.24, 2.45) is 0 Å². The van der Waals surface area contributed by atoms with Crippen molar-refractivity contribution in [3.8, 4) is 17.3 Å². The molecule has 0 aliphatic carbocycles. The summed E-state index contributed by atoms with van der Waals surface area (Å²) in [7, 11) is 1.63. The summed E-state index contributed by atoms with van der Waals surface area (Å²) in [6.45, 7) is 6.48. The van der Waals surface area contributed by atoms with E-state index in [1.165, 1.54) is 6.08 Å². The van der Waals surface area contributed by atoms with Gasteiger partial charge in [-0.15, -0.1) is 11.3 Å². The zero-order valence-corrected chi connectivity index (χ0v) is 20.4. The molecule has 0 fully saturated rings. The number of ether oxygens (including phenoxy) is 2. The number of anilines is 1. The average Bonchev–Trinajstić information content (AvgIpc) is 3.37. The first kappa shape index (κ1) is 24.9. The molecule has 1 aromatic carbocycles. The van der Waals surface area contributed by atoms with Crippen molar-refractivity contribution in [1.29, 1.82) is 5.26 Å². The van der Waals surface area contributed by atoms with Gasteiger partial charge in [0.25, 0.3) is 5.91 Å². The molecule has 9 heteroatoms. The van der Waals surface area contributed by atoms with Crippen molar-refractivity contribution < 1.29 is 19.1 Å². The number of aryl methyl sites for hydroxylation is 2. The summed E-state index contributed by atoms with van der Waals surface area (Å²) in [6, 6.07) is 11.0. The third-order valence-corrected chi connectivity index (χ3v) is 5.94. The van der Waals surface area contributed by atoms with E-state index in [-0.39, 0.29) is 5.57 Å². The molecule has 1 N–H and O–H groups in total. The Morgan fingerprint density at radius 3 is 2.74 bits per heavy atom. The third kappa shape index (κ3) is 6.19. The number of nitrogens with one attached hydrogen (secondary N) is 1. The number of carbonyl (C=O) groups excluding carboxylic acids is 2. The van der Waals surface area contributed by atoms with Crippen molar-refractivity contribution in [1.82, 2.24) is 9.55 Å². The van der Waals surface area contributed by atoms with Crippen LogP contribution in [0.1, 0.15) is 22.0 Å². The molecule has 0 atom stereocenters. The van der Waals surface area contributed by atoms with Gasteiger partial charge in [0.2, 0.25) is 0 Å². The van der Waals surface area contributed by atoms with Crippen LogP contribution in [0.5, 0.6) is 0 Å². The molecule has 34 heavy (non-hydrogen) atoms. The number of methoxy groups -OCH3 is 1. The van der Waals surface area contributed by atoms with Crippen LogP contribution in [-0.2, 0) is 25.6 Å². The zero-order valence-electron chi connectivity index (χ0n) is 19.5. The highest BCUT2D eigenvalue weighted by molar-refractivity contribution is 7.09. The van der Waals surface area contributed by atoms with Gasteiger partial charge in [-0.05, 0) is 50.6 Å². The molecule has 2 aromatic heterocycles. The molecule has 0 spiro atoms. The third-order valence-electron chi connectivity index (χ3n) is 5.17. The maximum absolute atomic E-state index is 12.4. The number of aromatic nitrogens is 2. The van der Waals surface area contributed by atoms with E-state index in [2.05, 4.69) is 10.3 Å². The summed E-state index contributed by atoms with van der Waals surface area (Å²) in [5.74, 6) is -1.36. The molecule has 0 radical (unpaired) electrons. The van der Waals surface area contributed by atoms with Crippen molar-refractivity contribution in [3.05, 3.63) is 63.2 Å². The Hall–Kier alpha value is -3.74. The molecule has 3 aromatic rings. The van der Waals surface area contributed by atoms with E-state index in [4.69, 9.17) is 9.47 Å². The first-order chi connectivity index (χ1) is 16.3. The summed E-state index contributed by atoms with van der Waals surface area (Å²) in [5.41, 5.74) is 4.71. The van der Waals surface area contributed by atoms with Gasteiger partial charge in [-0.25, -0.2) is 9.78 Å². The fourth-order valence-electron chi connectivity index (χ4n) is 3.45. The number of nitriles is 1. The van der Waals surface area contributed by atoms with Crippen LogP contribution in [0.15, 0.2) is 41.3 Å². The van der Waals surface area contributed by atoms with Gasteiger partial charge in [0.15, 0.2) is 6.61 Å². The minimum atomic E-state index is -0.856. The number of hydrogen-bond donors (Lipinski definition) is 1. The summed E-state index contributed by atoms with van der Waals surface area (Å²) >= 11 is 1.55. The Morgan fingerprint density at radius 2 is 2.06 bits per heavy atom. The normalized spacial score (nSPS) is 11.2. The Bertz CT molecular complexity index is 1270. The van der Waals surface area contributed by atoms with Crippen LogP contribution in [0.3, 0.4) is 0 Å². The van der Waals surface area contributed by atoms with E-state index in [0.717, 1.165) is 33.2 Å². The fourth-order valence-corrected chi connectivity index (χ4v) is 4.07. The molecule has 0 unspecified atom stereocenters. The average molecular weight is 479 g/mol. The van der Waals surface area contributed by atoms with Gasteiger partial charge in [-0.1, -0.05) is 12.1 Å². The van der Waals surface area contributed by atoms with Crippen LogP contribution in [0, 0.1) is 32.1 Å². The smallest absolute Gasteiger partial charge is 0.349 e. The predicted octanol–water partition coefficient (Wildman–Crippen LogP) is 4.27. The molecular weight excluding hydrogens is 452 g/mol. The SMILES string of the molecule is COCCn1c(C)cc(/C=C(\C#N)C(=O)OCC(=O)Nc2cccc(-c3csc(C)n3)c2)c1C. The number of benzene rings is 1. The lowest BCUT2D eigenvalue weighted by molar-refractivity contribution is -0.142. The van der Waals surface area contributed by atoms with Crippen molar-refractivity contribution in [2.45, 2.75) is 27.3 Å². The van der Waals surface area contributed by atoms with E-state index in [0.29, 0.717) is 18.8 Å². The van der Waals surface area contributed by atoms with Gasteiger partial charge in [0, 0.05) is 41.7 Å². The van der Waals surface area contributed by atoms with E-state index in [1.807, 2.05) is 55.0 Å². The Balaban J connectivity index is 1.62. The van der Waals surface area contributed by atoms with Gasteiger partial charge in [0.1, 0.15) is 11.6 Å². The molecule has 1 amide bonds. The number of nitrogens with zero attached hydrogens (tertiary/aromatic N) is 3. The van der Waals surface area contributed by atoms with Gasteiger partial charge in [-0.2, -0.15) is 5.26 Å². The highest BCUT2D eigenvalue weighted by Gasteiger charge is 2.16. The topological polar surface area (TPSA) is 106 Å². The van der Waals surface area contributed by atoms with Gasteiger partial charge in [-0.3, -0.25) is 4.79 Å². The van der Waals surface area contributed by atoms with E-state index in [9.17, 15) is 14.9 Å². The number of amides is 1. The summed E-state index contributed by atoms with van der Waals surface area (Å²) in [4.78, 5) is 29.2. The number of hydrogen-bond acceptors (Lipinski definition) is 7. The predicted molar refractivity (Wildman–Crippen MR) is 131 cm³/mol. The first-order valence-electron chi connectivity index (χ1n) is 10.6. The molecule has 2 heterocycles. The van der Waals surface area contributed by atoms with Crippen molar-refractivity contribution >= 4 is 35.0 Å². The first-order valence-corrected chi connectivity index (χ1v) is 11.5. The lowest BCUT2D eigenvalue weighted by Crippen LogP contribution is -2.21. The fraction of sp³-hybridized carbons (Fsp3) is 0.280. The summed E-state index contributed by atoms with van der Waals surface area (Å²) < 4.78 is 12.3. The van der Waals surface area contributed by atoms with Gasteiger partial charge in [0.05, 0.1) is 17.3 Å².